The zero-order valence-corrected chi connectivity index (χ0v) is 7.00. The average molecular weight is 212 g/mol. The summed E-state index contributed by atoms with van der Waals surface area (Å²) >= 11 is 3.03. The largest absolute Gasteiger partial charge is 0.478 e. The Hall–Kier alpha value is -0.835. The summed E-state index contributed by atoms with van der Waals surface area (Å²) < 4.78 is 0.462. The normalized spacial score (nSPS) is 9.55. The van der Waals surface area contributed by atoms with Gasteiger partial charge in [0.25, 0.3) is 0 Å². The molecule has 0 aliphatic heterocycles. The van der Waals surface area contributed by atoms with Gasteiger partial charge in [0, 0.05) is 6.20 Å². The maximum atomic E-state index is 10.4. The molecule has 0 aliphatic rings. The highest BCUT2D eigenvalue weighted by Gasteiger charge is 2.06. The molecule has 0 fully saturated rings. The number of carboxylic acids is 1. The van der Waals surface area contributed by atoms with E-state index in [1.807, 2.05) is 0 Å². The second-order valence-electron chi connectivity index (χ2n) is 1.90. The molecule has 1 rings (SSSR count). The predicted molar refractivity (Wildman–Crippen MR) is 44.3 cm³/mol. The number of aromatic nitrogens is 1. The van der Waals surface area contributed by atoms with Crippen LogP contribution in [0.2, 0.25) is 0 Å². The summed E-state index contributed by atoms with van der Waals surface area (Å²) in [5.74, 6) is -1.05. The highest BCUT2D eigenvalue weighted by molar-refractivity contribution is 9.10. The minimum Gasteiger partial charge on any atom is -0.478 e. The van der Waals surface area contributed by atoms with Crippen LogP contribution in [0.25, 0.3) is 0 Å². The highest BCUT2D eigenvalue weighted by atomic mass is 79.9. The van der Waals surface area contributed by atoms with Crippen LogP contribution in [0, 0.1) is 0 Å². The molecule has 0 aromatic carbocycles. The fourth-order valence-corrected chi connectivity index (χ4v) is 0.957. The van der Waals surface area contributed by atoms with Gasteiger partial charge in [-0.3, -0.25) is 0 Å². The summed E-state index contributed by atoms with van der Waals surface area (Å²) in [4.78, 5) is 14.2. The van der Waals surface area contributed by atoms with Crippen LogP contribution < -0.4 is 5.46 Å². The summed E-state index contributed by atoms with van der Waals surface area (Å²) in [5, 5.41) is 8.56. The van der Waals surface area contributed by atoms with Gasteiger partial charge in [-0.15, -0.1) is 0 Å². The van der Waals surface area contributed by atoms with E-state index >= 15 is 0 Å². The number of aromatic carboxylic acids is 1. The van der Waals surface area contributed by atoms with Crippen LogP contribution in [0.3, 0.4) is 0 Å². The molecule has 0 saturated heterocycles. The van der Waals surface area contributed by atoms with Crippen LogP contribution in [-0.2, 0) is 0 Å². The average Bonchev–Trinajstić information content (AvgIpc) is 1.94. The van der Waals surface area contributed by atoms with E-state index in [-0.39, 0.29) is 11.0 Å². The van der Waals surface area contributed by atoms with Gasteiger partial charge < -0.3 is 5.11 Å². The monoisotopic (exact) mass is 211 g/mol. The van der Waals surface area contributed by atoms with Crippen LogP contribution >= 0.6 is 15.9 Å². The summed E-state index contributed by atoms with van der Waals surface area (Å²) in [6.07, 6.45) is 1.30. The second-order valence-corrected chi connectivity index (χ2v) is 2.71. The number of pyridine rings is 1. The topological polar surface area (TPSA) is 50.2 Å². The zero-order chi connectivity index (χ0) is 8.43. The van der Waals surface area contributed by atoms with E-state index in [0.717, 1.165) is 0 Å². The van der Waals surface area contributed by atoms with Gasteiger partial charge in [0.2, 0.25) is 0 Å². The maximum Gasteiger partial charge on any atom is 0.335 e. The van der Waals surface area contributed by atoms with Gasteiger partial charge in [-0.25, -0.2) is 9.78 Å². The van der Waals surface area contributed by atoms with Crippen molar-refractivity contribution in [2.45, 2.75) is 0 Å². The molecule has 5 heteroatoms. The quantitative estimate of drug-likeness (QED) is 0.539. The number of rotatable bonds is 1. The van der Waals surface area contributed by atoms with E-state index in [2.05, 4.69) is 20.9 Å². The van der Waals surface area contributed by atoms with Crippen molar-refractivity contribution in [2.75, 3.05) is 0 Å². The Morgan fingerprint density at radius 3 is 2.82 bits per heavy atom. The molecule has 1 heterocycles. The van der Waals surface area contributed by atoms with Crippen LogP contribution in [0.1, 0.15) is 10.4 Å². The van der Waals surface area contributed by atoms with Crippen molar-refractivity contribution >= 4 is 35.2 Å². The highest BCUT2D eigenvalue weighted by Crippen LogP contribution is 2.05. The molecular weight excluding hydrogens is 209 g/mol. The Balaban J connectivity index is 3.23. The molecule has 1 aromatic rings. The SMILES string of the molecule is [B]c1cnc(Br)cc1C(=O)O. The molecule has 11 heavy (non-hydrogen) atoms. The van der Waals surface area contributed by atoms with E-state index in [9.17, 15) is 4.79 Å². The van der Waals surface area contributed by atoms with E-state index in [0.29, 0.717) is 4.60 Å². The first-order valence-electron chi connectivity index (χ1n) is 2.75. The molecule has 3 nitrogen and oxygen atoms in total. The summed E-state index contributed by atoms with van der Waals surface area (Å²) in [7, 11) is 5.33. The Morgan fingerprint density at radius 1 is 1.73 bits per heavy atom. The summed E-state index contributed by atoms with van der Waals surface area (Å²) in [6.45, 7) is 0. The number of carbonyl (C=O) groups is 1. The van der Waals surface area contributed by atoms with Crippen molar-refractivity contribution in [3.05, 3.63) is 22.4 Å². The maximum absolute atomic E-state index is 10.4. The van der Waals surface area contributed by atoms with Gasteiger partial charge in [-0.1, -0.05) is 5.46 Å². The Kier molecular flexibility index (Phi) is 2.29. The predicted octanol–water partition coefficient (Wildman–Crippen LogP) is 0.336. The molecule has 0 spiro atoms. The number of hydrogen-bond donors (Lipinski definition) is 1. The van der Waals surface area contributed by atoms with E-state index in [4.69, 9.17) is 13.0 Å². The van der Waals surface area contributed by atoms with Crippen molar-refractivity contribution < 1.29 is 9.90 Å². The minimum atomic E-state index is -1.05. The van der Waals surface area contributed by atoms with Gasteiger partial charge in [0.05, 0.1) is 5.56 Å². The lowest BCUT2D eigenvalue weighted by Crippen LogP contribution is -2.16. The van der Waals surface area contributed by atoms with Crippen LogP contribution in [-0.4, -0.2) is 23.9 Å². The number of nitrogens with zero attached hydrogens (tertiary/aromatic N) is 1. The molecular formula is C6H3BBrNO2. The van der Waals surface area contributed by atoms with E-state index in [1.165, 1.54) is 12.3 Å². The van der Waals surface area contributed by atoms with Crippen LogP contribution in [0.15, 0.2) is 16.9 Å². The van der Waals surface area contributed by atoms with E-state index < -0.39 is 5.97 Å². The van der Waals surface area contributed by atoms with Gasteiger partial charge in [-0.05, 0) is 22.0 Å². The van der Waals surface area contributed by atoms with Crippen molar-refractivity contribution in [1.29, 1.82) is 0 Å². The molecule has 1 N–H and O–H groups in total. The fourth-order valence-electron chi connectivity index (χ4n) is 0.626. The zero-order valence-electron chi connectivity index (χ0n) is 5.41. The van der Waals surface area contributed by atoms with Crippen molar-refractivity contribution in [3.8, 4) is 0 Å². The van der Waals surface area contributed by atoms with Crippen LogP contribution in [0.5, 0.6) is 0 Å². The fraction of sp³-hybridized carbons (Fsp3) is 0. The Labute approximate surface area is 73.0 Å². The third-order valence-electron chi connectivity index (χ3n) is 1.13. The lowest BCUT2D eigenvalue weighted by Gasteiger charge is -1.98. The summed E-state index contributed by atoms with van der Waals surface area (Å²) in [6, 6.07) is 1.36. The first kappa shape index (κ1) is 8.26. The number of halogens is 1. The second kappa shape index (κ2) is 3.05. The lowest BCUT2D eigenvalue weighted by molar-refractivity contribution is 0.0698. The molecule has 0 amide bonds. The van der Waals surface area contributed by atoms with Gasteiger partial charge >= 0.3 is 5.97 Å². The van der Waals surface area contributed by atoms with Crippen molar-refractivity contribution in [3.63, 3.8) is 0 Å². The van der Waals surface area contributed by atoms with Gasteiger partial charge in [0.1, 0.15) is 12.4 Å². The Bertz CT molecular complexity index is 303. The third-order valence-corrected chi connectivity index (χ3v) is 1.57. The van der Waals surface area contributed by atoms with E-state index in [1.54, 1.807) is 0 Å². The minimum absolute atomic E-state index is 0.0619. The first-order chi connectivity index (χ1) is 5.11. The molecule has 2 radical (unpaired) electrons. The molecule has 0 bridgehead atoms. The standard InChI is InChI=1S/C6H3BBrNO2/c7-4-2-9-5(8)1-3(4)6(10)11/h1-2H,(H,10,11). The van der Waals surface area contributed by atoms with Crippen molar-refractivity contribution in [2.24, 2.45) is 0 Å². The van der Waals surface area contributed by atoms with Crippen molar-refractivity contribution in [1.82, 2.24) is 4.98 Å². The molecule has 0 aliphatic carbocycles. The molecule has 1 aromatic heterocycles. The molecule has 0 atom stereocenters. The number of hydrogen-bond acceptors (Lipinski definition) is 2. The van der Waals surface area contributed by atoms with Gasteiger partial charge in [-0.2, -0.15) is 0 Å². The third kappa shape index (κ3) is 1.80. The molecule has 0 unspecified atom stereocenters. The molecule has 54 valence electrons. The molecule has 0 saturated carbocycles. The summed E-state index contributed by atoms with van der Waals surface area (Å²) in [5.41, 5.74) is 0.229. The Morgan fingerprint density at radius 2 is 2.36 bits per heavy atom. The lowest BCUT2D eigenvalue weighted by atomic mass is 9.93. The van der Waals surface area contributed by atoms with Gasteiger partial charge in [0.15, 0.2) is 0 Å². The smallest absolute Gasteiger partial charge is 0.335 e. The number of carboxylic acid groups (broad SMARTS) is 1. The van der Waals surface area contributed by atoms with Crippen LogP contribution in [0.4, 0.5) is 0 Å². The first-order valence-corrected chi connectivity index (χ1v) is 3.55.